The van der Waals surface area contributed by atoms with Crippen molar-refractivity contribution < 1.29 is 85.2 Å². The number of aromatic nitrogens is 2. The number of ether oxygens (including phenoxy) is 3. The van der Waals surface area contributed by atoms with Crippen LogP contribution in [0.5, 0.6) is 23.0 Å². The smallest absolute Gasteiger partial charge is 0.490 e. The highest BCUT2D eigenvalue weighted by molar-refractivity contribution is 7.66. The van der Waals surface area contributed by atoms with E-state index in [4.69, 9.17) is 24.0 Å². The molecular weight excluding hydrogens is 845 g/mol. The Balaban J connectivity index is 0.882. The molecule has 1 saturated heterocycles. The van der Waals surface area contributed by atoms with Crippen molar-refractivity contribution in [1.82, 2.24) is 20.2 Å². The molecule has 8 N–H and O–H groups in total. The Kier molecular flexibility index (Phi) is 11.6. The first kappa shape index (κ1) is 42.2. The summed E-state index contributed by atoms with van der Waals surface area (Å²) in [6.07, 6.45) is 2.93. The molecule has 3 aliphatic rings. The number of benzene rings is 3. The van der Waals surface area contributed by atoms with Crippen LogP contribution in [0.4, 0.5) is 0 Å². The number of hydrogen-bond donors (Lipinski definition) is 8. The average Bonchev–Trinajstić information content (AvgIpc) is 3.89. The maximum atomic E-state index is 13.3. The summed E-state index contributed by atoms with van der Waals surface area (Å²) in [6, 6.07) is 13.3. The number of phenolic OH excluding ortho intramolecular Hbond substituents is 2. The number of nitrogens with one attached hydrogen (secondary N) is 2. The van der Waals surface area contributed by atoms with Crippen LogP contribution in [-0.4, -0.2) is 82.9 Å². The molecule has 7 rings (SSSR count). The van der Waals surface area contributed by atoms with E-state index in [0.29, 0.717) is 36.0 Å². The Labute approximate surface area is 333 Å². The fraction of sp³-hybridized carbons (Fsp3) is 0.294. The molecule has 25 heteroatoms. The zero-order chi connectivity index (χ0) is 42.3. The van der Waals surface area contributed by atoms with E-state index in [1.807, 2.05) is 0 Å². The van der Waals surface area contributed by atoms with Crippen molar-refractivity contribution in [3.8, 4) is 23.0 Å². The molecule has 4 heterocycles. The van der Waals surface area contributed by atoms with Crippen LogP contribution in [0.2, 0.25) is 0 Å². The number of nitrogens with zero attached hydrogens (tertiary/aromatic N) is 2. The molecule has 2 amide bonds. The van der Waals surface area contributed by atoms with Crippen LogP contribution >= 0.6 is 23.5 Å². The molecule has 1 fully saturated rings. The zero-order valence-corrected chi connectivity index (χ0v) is 33.0. The summed E-state index contributed by atoms with van der Waals surface area (Å²) in [7, 11) is -16.5. The summed E-state index contributed by atoms with van der Waals surface area (Å²) in [4.78, 5) is 79.6. The lowest BCUT2D eigenvalue weighted by Gasteiger charge is -2.36. The molecule has 0 aliphatic carbocycles. The van der Waals surface area contributed by atoms with Crippen molar-refractivity contribution in [2.24, 2.45) is 0 Å². The monoisotopic (exact) mass is 880 g/mol. The van der Waals surface area contributed by atoms with Gasteiger partial charge in [0.2, 0.25) is 0 Å². The van der Waals surface area contributed by atoms with Gasteiger partial charge in [0.25, 0.3) is 11.8 Å². The molecule has 0 bridgehead atoms. The Hall–Kier alpha value is -4.95. The van der Waals surface area contributed by atoms with Crippen molar-refractivity contribution in [3.05, 3.63) is 101 Å². The highest BCUT2D eigenvalue weighted by Gasteiger charge is 2.54. The summed E-state index contributed by atoms with van der Waals surface area (Å²) in [5.41, 5.74) is 0.234. The van der Waals surface area contributed by atoms with Crippen LogP contribution in [0.1, 0.15) is 79.8 Å². The molecule has 4 atom stereocenters. The Bertz CT molecular complexity index is 2420. The molecule has 1 spiro atoms. The number of esters is 1. The fourth-order valence-electron chi connectivity index (χ4n) is 6.81. The van der Waals surface area contributed by atoms with E-state index in [0.717, 1.165) is 0 Å². The van der Waals surface area contributed by atoms with Crippen LogP contribution < -0.4 is 15.4 Å². The summed E-state index contributed by atoms with van der Waals surface area (Å²) < 4.78 is 65.5. The molecule has 4 unspecified atom stereocenters. The summed E-state index contributed by atoms with van der Waals surface area (Å²) >= 11 is 0. The number of phenols is 2. The standard InChI is InChI=1S/C34H35N4O18P3/c39-20-4-8-24-28(14-20)53-29-15-21(40)5-9-25(29)34(24)26-13-19(3-7-23(26)33(43)54-34)31(41)35-11-1-2-12-36-32(42)27-16-38(18-37-27)30-10-6-22(52-30)17-51-58(47,48)56-59(49,50)55-57(44,45)46/h3-5,7-9,13-16,18,22,30,39-40H,1-2,6,10-12,17H2,(H,35,41)(H,36,42)(H,47,48)(H,49,50)(H2,44,45,46). The van der Waals surface area contributed by atoms with Crippen LogP contribution in [0.25, 0.3) is 0 Å². The second-order valence-corrected chi connectivity index (χ2v) is 17.8. The predicted molar refractivity (Wildman–Crippen MR) is 197 cm³/mol. The fourth-order valence-corrected chi connectivity index (χ4v) is 9.86. The molecule has 0 radical (unpaired) electrons. The Morgan fingerprint density at radius 2 is 1.47 bits per heavy atom. The van der Waals surface area contributed by atoms with Gasteiger partial charge in [-0.2, -0.15) is 8.62 Å². The van der Waals surface area contributed by atoms with Crippen molar-refractivity contribution in [1.29, 1.82) is 0 Å². The number of rotatable bonds is 15. The lowest BCUT2D eigenvalue weighted by atomic mass is 9.77. The molecule has 3 aliphatic heterocycles. The van der Waals surface area contributed by atoms with Gasteiger partial charge >= 0.3 is 29.4 Å². The van der Waals surface area contributed by atoms with Gasteiger partial charge in [0.15, 0.2) is 5.60 Å². The summed E-state index contributed by atoms with van der Waals surface area (Å²) in [5, 5.41) is 25.9. The molecule has 3 aromatic carbocycles. The first-order valence-electron chi connectivity index (χ1n) is 17.6. The van der Waals surface area contributed by atoms with E-state index in [-0.39, 0.29) is 59.3 Å². The number of unbranched alkanes of at least 4 members (excludes halogenated alkanes) is 1. The van der Waals surface area contributed by atoms with Crippen LogP contribution in [0, 0.1) is 0 Å². The zero-order valence-electron chi connectivity index (χ0n) is 30.3. The minimum Gasteiger partial charge on any atom is -0.508 e. The second kappa shape index (κ2) is 16.2. The van der Waals surface area contributed by atoms with Gasteiger partial charge in [-0.1, -0.05) is 0 Å². The number of phosphoric ester groups is 1. The first-order chi connectivity index (χ1) is 27.8. The third-order valence-electron chi connectivity index (χ3n) is 9.30. The largest absolute Gasteiger partial charge is 0.508 e. The number of hydrogen-bond acceptors (Lipinski definition) is 15. The number of fused-ring (bicyclic) bond motifs is 6. The van der Waals surface area contributed by atoms with E-state index >= 15 is 0 Å². The summed E-state index contributed by atoms with van der Waals surface area (Å²) in [5.74, 6) is -1.32. The highest BCUT2D eigenvalue weighted by Crippen LogP contribution is 2.66. The molecule has 4 aromatic rings. The minimum absolute atomic E-state index is 0.0684. The van der Waals surface area contributed by atoms with Gasteiger partial charge in [-0.15, -0.1) is 0 Å². The Morgan fingerprint density at radius 1 is 0.831 bits per heavy atom. The van der Waals surface area contributed by atoms with Crippen LogP contribution in [0.3, 0.4) is 0 Å². The molecule has 59 heavy (non-hydrogen) atoms. The number of aromatic hydroxyl groups is 2. The third kappa shape index (κ3) is 9.28. The van der Waals surface area contributed by atoms with Gasteiger partial charge in [0.1, 0.15) is 34.9 Å². The van der Waals surface area contributed by atoms with Crippen LogP contribution in [-0.2, 0) is 41.9 Å². The molecule has 0 saturated carbocycles. The predicted octanol–water partition coefficient (Wildman–Crippen LogP) is 3.82. The highest BCUT2D eigenvalue weighted by atomic mass is 31.3. The molecule has 22 nitrogen and oxygen atoms in total. The van der Waals surface area contributed by atoms with Gasteiger partial charge in [-0.25, -0.2) is 23.5 Å². The average molecular weight is 881 g/mol. The quantitative estimate of drug-likeness (QED) is 0.0478. The topological polar surface area (TPSA) is 321 Å². The number of carbonyl (C=O) groups is 3. The van der Waals surface area contributed by atoms with E-state index in [9.17, 15) is 48.1 Å². The van der Waals surface area contributed by atoms with Gasteiger partial charge in [-0.05, 0) is 68.1 Å². The maximum Gasteiger partial charge on any atom is 0.490 e. The number of carbonyl (C=O) groups excluding carboxylic acids is 3. The second-order valence-electron chi connectivity index (χ2n) is 13.4. The molecule has 1 aromatic heterocycles. The van der Waals surface area contributed by atoms with E-state index in [2.05, 4.69) is 28.8 Å². The molecule has 314 valence electrons. The van der Waals surface area contributed by atoms with Gasteiger partial charge in [0.05, 0.1) is 24.6 Å². The van der Waals surface area contributed by atoms with Crippen molar-refractivity contribution >= 4 is 41.3 Å². The minimum atomic E-state index is -5.65. The van der Waals surface area contributed by atoms with Crippen molar-refractivity contribution in [3.63, 3.8) is 0 Å². The number of imidazole rings is 1. The van der Waals surface area contributed by atoms with Crippen molar-refractivity contribution in [2.75, 3.05) is 19.7 Å². The Morgan fingerprint density at radius 3 is 2.12 bits per heavy atom. The molecular formula is C34H35N4O18P3. The van der Waals surface area contributed by atoms with Gasteiger partial charge < -0.3 is 59.2 Å². The van der Waals surface area contributed by atoms with E-state index in [1.54, 1.807) is 18.2 Å². The third-order valence-corrected chi connectivity index (χ3v) is 13.1. The lowest BCUT2D eigenvalue weighted by Crippen LogP contribution is -2.33. The number of amides is 2. The first-order valence-corrected chi connectivity index (χ1v) is 22.1. The number of phosphoric acid groups is 3. The normalized spacial score (nSPS) is 19.7. The summed E-state index contributed by atoms with van der Waals surface area (Å²) in [6.45, 7) is -0.107. The van der Waals surface area contributed by atoms with Gasteiger partial charge in [0, 0.05) is 53.7 Å². The maximum absolute atomic E-state index is 13.3. The lowest BCUT2D eigenvalue weighted by molar-refractivity contribution is -0.0221. The van der Waals surface area contributed by atoms with E-state index in [1.165, 1.54) is 53.5 Å². The van der Waals surface area contributed by atoms with Gasteiger partial charge in [-0.3, -0.25) is 14.1 Å². The van der Waals surface area contributed by atoms with Crippen molar-refractivity contribution in [2.45, 2.75) is 43.6 Å². The van der Waals surface area contributed by atoms with Crippen LogP contribution in [0.15, 0.2) is 67.1 Å². The SMILES string of the molecule is O=C(NCCCCNC(=O)c1cn(C2CCC(COP(=O)(O)OP(=O)(O)OP(=O)(O)O)O2)cn1)c1ccc2c(c1)C1(OC2=O)c2ccc(O)cc2Oc2cc(O)ccc21. The van der Waals surface area contributed by atoms with E-state index < -0.39 is 65.8 Å².